The van der Waals surface area contributed by atoms with Crippen LogP contribution in [0.1, 0.15) is 17.7 Å². The third-order valence-corrected chi connectivity index (χ3v) is 3.22. The molecule has 0 unspecified atom stereocenters. The van der Waals surface area contributed by atoms with Crippen LogP contribution < -0.4 is 4.90 Å². The SMILES string of the molecule is O=C(OCc1ccccc1)N1CCCc2[nH]ncc21. The van der Waals surface area contributed by atoms with Crippen LogP contribution in [0.15, 0.2) is 36.5 Å². The predicted molar refractivity (Wildman–Crippen MR) is 70.9 cm³/mol. The van der Waals surface area contributed by atoms with E-state index in [1.807, 2.05) is 30.3 Å². The van der Waals surface area contributed by atoms with Gasteiger partial charge in [0.1, 0.15) is 6.61 Å². The number of carbonyl (C=O) groups excluding carboxylic acids is 1. The van der Waals surface area contributed by atoms with Gasteiger partial charge in [0, 0.05) is 6.54 Å². The molecule has 19 heavy (non-hydrogen) atoms. The highest BCUT2D eigenvalue weighted by molar-refractivity contribution is 5.88. The first-order valence-electron chi connectivity index (χ1n) is 6.35. The zero-order valence-corrected chi connectivity index (χ0v) is 10.5. The highest BCUT2D eigenvalue weighted by Crippen LogP contribution is 2.25. The first-order valence-corrected chi connectivity index (χ1v) is 6.35. The Balaban J connectivity index is 1.66. The molecule has 1 aliphatic heterocycles. The average Bonchev–Trinajstić information content (AvgIpc) is 2.94. The van der Waals surface area contributed by atoms with Crippen molar-refractivity contribution in [1.82, 2.24) is 10.2 Å². The summed E-state index contributed by atoms with van der Waals surface area (Å²) in [6, 6.07) is 9.67. The number of nitrogens with one attached hydrogen (secondary N) is 1. The second-order valence-electron chi connectivity index (χ2n) is 4.53. The molecule has 0 bridgehead atoms. The van der Waals surface area contributed by atoms with Gasteiger partial charge in [-0.05, 0) is 18.4 Å². The van der Waals surface area contributed by atoms with Gasteiger partial charge in [0.25, 0.3) is 0 Å². The van der Waals surface area contributed by atoms with Crippen molar-refractivity contribution in [2.45, 2.75) is 19.4 Å². The van der Waals surface area contributed by atoms with Gasteiger partial charge in [0.15, 0.2) is 0 Å². The molecule has 98 valence electrons. The molecule has 5 nitrogen and oxygen atoms in total. The molecule has 0 atom stereocenters. The number of amides is 1. The molecule has 1 aliphatic rings. The Morgan fingerprint density at radius 2 is 2.21 bits per heavy atom. The highest BCUT2D eigenvalue weighted by atomic mass is 16.6. The van der Waals surface area contributed by atoms with Crippen molar-refractivity contribution in [1.29, 1.82) is 0 Å². The molecule has 0 spiro atoms. The van der Waals surface area contributed by atoms with Gasteiger partial charge in [0.05, 0.1) is 17.6 Å². The lowest BCUT2D eigenvalue weighted by Crippen LogP contribution is -2.35. The minimum absolute atomic E-state index is 0.295. The third kappa shape index (κ3) is 2.45. The number of benzene rings is 1. The number of anilines is 1. The Kier molecular flexibility index (Phi) is 3.18. The van der Waals surface area contributed by atoms with Crippen LogP contribution in [0.25, 0.3) is 0 Å². The van der Waals surface area contributed by atoms with Gasteiger partial charge in [-0.15, -0.1) is 0 Å². The molecule has 0 aliphatic carbocycles. The number of hydrogen-bond acceptors (Lipinski definition) is 3. The van der Waals surface area contributed by atoms with E-state index in [1.54, 1.807) is 11.1 Å². The molecule has 3 rings (SSSR count). The van der Waals surface area contributed by atoms with Gasteiger partial charge in [-0.1, -0.05) is 30.3 Å². The summed E-state index contributed by atoms with van der Waals surface area (Å²) in [6.45, 7) is 0.976. The van der Waals surface area contributed by atoms with E-state index in [2.05, 4.69) is 10.2 Å². The van der Waals surface area contributed by atoms with Crippen molar-refractivity contribution in [2.24, 2.45) is 0 Å². The Labute approximate surface area is 111 Å². The summed E-state index contributed by atoms with van der Waals surface area (Å²) in [6.07, 6.45) is 3.22. The standard InChI is InChI=1S/C14H15N3O2/c18-14(19-10-11-5-2-1-3-6-11)17-8-4-7-12-13(17)9-15-16-12/h1-3,5-6,9H,4,7-8,10H2,(H,15,16). The van der Waals surface area contributed by atoms with Crippen LogP contribution in [0.3, 0.4) is 0 Å². The van der Waals surface area contributed by atoms with Gasteiger partial charge < -0.3 is 4.74 Å². The number of fused-ring (bicyclic) bond motifs is 1. The van der Waals surface area contributed by atoms with E-state index in [9.17, 15) is 4.79 Å². The van der Waals surface area contributed by atoms with Crippen LogP contribution in [0, 0.1) is 0 Å². The summed E-state index contributed by atoms with van der Waals surface area (Å²) in [5, 5.41) is 6.90. The molecule has 1 aromatic carbocycles. The summed E-state index contributed by atoms with van der Waals surface area (Å²) in [4.78, 5) is 13.7. The molecule has 5 heteroatoms. The first kappa shape index (κ1) is 11.8. The second kappa shape index (κ2) is 5.14. The first-order chi connectivity index (χ1) is 9.34. The molecular formula is C14H15N3O2. The van der Waals surface area contributed by atoms with E-state index >= 15 is 0 Å². The number of rotatable bonds is 2. The predicted octanol–water partition coefficient (Wildman–Crippen LogP) is 2.50. The number of ether oxygens (including phenoxy) is 1. The van der Waals surface area contributed by atoms with Crippen molar-refractivity contribution in [3.63, 3.8) is 0 Å². The Morgan fingerprint density at radius 3 is 3.05 bits per heavy atom. The fourth-order valence-corrected chi connectivity index (χ4v) is 2.24. The minimum atomic E-state index is -0.314. The van der Waals surface area contributed by atoms with E-state index in [4.69, 9.17) is 4.74 Å². The normalized spacial score (nSPS) is 14.0. The lowest BCUT2D eigenvalue weighted by molar-refractivity contribution is 0.146. The summed E-state index contributed by atoms with van der Waals surface area (Å²) >= 11 is 0. The zero-order valence-electron chi connectivity index (χ0n) is 10.5. The number of aromatic amines is 1. The van der Waals surface area contributed by atoms with Gasteiger partial charge in [-0.25, -0.2) is 4.79 Å². The number of carbonyl (C=O) groups is 1. The van der Waals surface area contributed by atoms with Crippen LogP contribution in [0.5, 0.6) is 0 Å². The molecule has 1 aromatic heterocycles. The molecule has 1 amide bonds. The molecular weight excluding hydrogens is 242 g/mol. The number of aromatic nitrogens is 2. The number of hydrogen-bond donors (Lipinski definition) is 1. The third-order valence-electron chi connectivity index (χ3n) is 3.22. The highest BCUT2D eigenvalue weighted by Gasteiger charge is 2.25. The molecule has 0 fully saturated rings. The van der Waals surface area contributed by atoms with Gasteiger partial charge in [0.2, 0.25) is 0 Å². The quantitative estimate of drug-likeness (QED) is 0.899. The van der Waals surface area contributed by atoms with E-state index < -0.39 is 0 Å². The van der Waals surface area contributed by atoms with E-state index in [0.29, 0.717) is 13.2 Å². The van der Waals surface area contributed by atoms with Crippen LogP contribution in [-0.4, -0.2) is 22.8 Å². The summed E-state index contributed by atoms with van der Waals surface area (Å²) in [5.41, 5.74) is 2.83. The number of H-pyrrole nitrogens is 1. The van der Waals surface area contributed by atoms with Crippen molar-refractivity contribution < 1.29 is 9.53 Å². The Bertz CT molecular complexity index is 565. The molecule has 2 aromatic rings. The fourth-order valence-electron chi connectivity index (χ4n) is 2.24. The topological polar surface area (TPSA) is 58.2 Å². The van der Waals surface area contributed by atoms with E-state index in [0.717, 1.165) is 29.8 Å². The van der Waals surface area contributed by atoms with Crippen molar-refractivity contribution in [3.8, 4) is 0 Å². The molecule has 0 saturated heterocycles. The second-order valence-corrected chi connectivity index (χ2v) is 4.53. The van der Waals surface area contributed by atoms with Crippen molar-refractivity contribution in [2.75, 3.05) is 11.4 Å². The lowest BCUT2D eigenvalue weighted by Gasteiger charge is -2.25. The Hall–Kier alpha value is -2.30. The van der Waals surface area contributed by atoms with Crippen molar-refractivity contribution >= 4 is 11.8 Å². The molecule has 0 saturated carbocycles. The van der Waals surface area contributed by atoms with Gasteiger partial charge in [-0.2, -0.15) is 5.10 Å². The zero-order chi connectivity index (χ0) is 13.1. The largest absolute Gasteiger partial charge is 0.444 e. The van der Waals surface area contributed by atoms with Crippen LogP contribution in [0.2, 0.25) is 0 Å². The van der Waals surface area contributed by atoms with E-state index in [-0.39, 0.29) is 6.09 Å². The van der Waals surface area contributed by atoms with E-state index in [1.165, 1.54) is 0 Å². The van der Waals surface area contributed by atoms with Crippen LogP contribution >= 0.6 is 0 Å². The summed E-state index contributed by atoms with van der Waals surface area (Å²) < 4.78 is 5.34. The minimum Gasteiger partial charge on any atom is -0.444 e. The van der Waals surface area contributed by atoms with Crippen LogP contribution in [-0.2, 0) is 17.8 Å². The summed E-state index contributed by atoms with van der Waals surface area (Å²) in [5.74, 6) is 0. The number of nitrogens with zero attached hydrogens (tertiary/aromatic N) is 2. The molecule has 1 N–H and O–H groups in total. The Morgan fingerprint density at radius 1 is 1.37 bits per heavy atom. The van der Waals surface area contributed by atoms with Gasteiger partial charge in [-0.3, -0.25) is 10.00 Å². The average molecular weight is 257 g/mol. The fraction of sp³-hybridized carbons (Fsp3) is 0.286. The number of aryl methyl sites for hydroxylation is 1. The molecule has 0 radical (unpaired) electrons. The summed E-state index contributed by atoms with van der Waals surface area (Å²) in [7, 11) is 0. The maximum atomic E-state index is 12.1. The maximum absolute atomic E-state index is 12.1. The monoisotopic (exact) mass is 257 g/mol. The molecule has 2 heterocycles. The lowest BCUT2D eigenvalue weighted by atomic mass is 10.1. The van der Waals surface area contributed by atoms with Gasteiger partial charge >= 0.3 is 6.09 Å². The van der Waals surface area contributed by atoms with Crippen LogP contribution in [0.4, 0.5) is 10.5 Å². The smallest absolute Gasteiger partial charge is 0.414 e. The maximum Gasteiger partial charge on any atom is 0.414 e. The van der Waals surface area contributed by atoms with Crippen molar-refractivity contribution in [3.05, 3.63) is 47.8 Å².